The minimum atomic E-state index is -1.33. The maximum absolute atomic E-state index is 2.38. The molecule has 0 nitrogen and oxygen atoms in total. The Bertz CT molecular complexity index is 505. The maximum Gasteiger partial charge on any atom is 0.0622 e. The van der Waals surface area contributed by atoms with Crippen molar-refractivity contribution in [3.63, 3.8) is 0 Å². The Morgan fingerprint density at radius 1 is 0.583 bits per heavy atom. The van der Waals surface area contributed by atoms with Gasteiger partial charge in [-0.3, -0.25) is 0 Å². The van der Waals surface area contributed by atoms with Crippen LogP contribution in [0.25, 0.3) is 0 Å². The van der Waals surface area contributed by atoms with E-state index in [4.69, 9.17) is 0 Å². The van der Waals surface area contributed by atoms with Crippen molar-refractivity contribution in [2.24, 2.45) is 0 Å². The SMILES string of the molecule is CCCCCC[Si](CCC)(Cc1ccccc1)Cc1ccccc1. The molecule has 24 heavy (non-hydrogen) atoms. The molecule has 130 valence electrons. The van der Waals surface area contributed by atoms with E-state index in [1.807, 2.05) is 0 Å². The predicted octanol–water partition coefficient (Wildman–Crippen LogP) is 6.99. The van der Waals surface area contributed by atoms with Gasteiger partial charge in [-0.2, -0.15) is 0 Å². The van der Waals surface area contributed by atoms with Gasteiger partial charge in [-0.1, -0.05) is 130 Å². The molecule has 0 amide bonds. The van der Waals surface area contributed by atoms with E-state index in [0.29, 0.717) is 0 Å². The van der Waals surface area contributed by atoms with Crippen molar-refractivity contribution in [2.45, 2.75) is 70.1 Å². The fraction of sp³-hybridized carbons (Fsp3) is 0.478. The predicted molar refractivity (Wildman–Crippen MR) is 110 cm³/mol. The molecule has 0 fully saturated rings. The lowest BCUT2D eigenvalue weighted by Crippen LogP contribution is -2.40. The first-order valence-corrected chi connectivity index (χ1v) is 12.7. The van der Waals surface area contributed by atoms with Crippen LogP contribution in [0.1, 0.15) is 57.1 Å². The lowest BCUT2D eigenvalue weighted by molar-refractivity contribution is 0.691. The van der Waals surface area contributed by atoms with Crippen molar-refractivity contribution in [3.05, 3.63) is 71.8 Å². The standard InChI is InChI=1S/C23H34Si/c1-3-5-6-13-19-24(18-4-2,20-22-14-9-7-10-15-22)21-23-16-11-8-12-17-23/h7-12,14-17H,3-6,13,18-21H2,1-2H3. The third-order valence-electron chi connectivity index (χ3n) is 5.18. The van der Waals surface area contributed by atoms with Crippen molar-refractivity contribution in [1.29, 1.82) is 0 Å². The van der Waals surface area contributed by atoms with Gasteiger partial charge < -0.3 is 0 Å². The van der Waals surface area contributed by atoms with Crippen LogP contribution in [0, 0.1) is 0 Å². The summed E-state index contributed by atoms with van der Waals surface area (Å²) < 4.78 is 0. The first-order valence-electron chi connectivity index (χ1n) is 9.86. The number of hydrogen-bond acceptors (Lipinski definition) is 0. The van der Waals surface area contributed by atoms with Crippen LogP contribution in [0.2, 0.25) is 12.1 Å². The van der Waals surface area contributed by atoms with Gasteiger partial charge in [-0.25, -0.2) is 0 Å². The number of benzene rings is 2. The Morgan fingerprint density at radius 2 is 1.12 bits per heavy atom. The maximum atomic E-state index is 2.38. The normalized spacial score (nSPS) is 11.6. The zero-order valence-electron chi connectivity index (χ0n) is 15.6. The van der Waals surface area contributed by atoms with E-state index in [1.54, 1.807) is 11.1 Å². The first-order chi connectivity index (χ1) is 11.8. The Hall–Kier alpha value is -1.34. The highest BCUT2D eigenvalue weighted by Gasteiger charge is 2.31. The summed E-state index contributed by atoms with van der Waals surface area (Å²) in [6.45, 7) is 4.69. The van der Waals surface area contributed by atoms with Gasteiger partial charge in [-0.05, 0) is 12.1 Å². The summed E-state index contributed by atoms with van der Waals surface area (Å²) in [6, 6.07) is 28.1. The second-order valence-corrected chi connectivity index (χ2v) is 12.1. The first kappa shape index (κ1) is 19.0. The summed E-state index contributed by atoms with van der Waals surface area (Å²) in [7, 11) is -1.33. The Balaban J connectivity index is 2.17. The lowest BCUT2D eigenvalue weighted by atomic mass is 10.2. The second kappa shape index (κ2) is 10.5. The molecule has 0 spiro atoms. The van der Waals surface area contributed by atoms with Gasteiger partial charge in [0, 0.05) is 0 Å². The van der Waals surface area contributed by atoms with Crippen molar-refractivity contribution in [1.82, 2.24) is 0 Å². The van der Waals surface area contributed by atoms with Crippen LogP contribution in [-0.2, 0) is 12.1 Å². The van der Waals surface area contributed by atoms with Crippen LogP contribution >= 0.6 is 0 Å². The molecule has 0 aliphatic heterocycles. The fourth-order valence-corrected chi connectivity index (χ4v) is 9.40. The molecule has 0 radical (unpaired) electrons. The zero-order chi connectivity index (χ0) is 17.1. The largest absolute Gasteiger partial charge is 0.0656 e. The minimum absolute atomic E-state index is 1.33. The van der Waals surface area contributed by atoms with Gasteiger partial charge in [0.05, 0.1) is 8.07 Å². The third kappa shape index (κ3) is 6.28. The van der Waals surface area contributed by atoms with E-state index in [1.165, 1.54) is 56.3 Å². The smallest absolute Gasteiger partial charge is 0.0622 e. The van der Waals surface area contributed by atoms with Crippen molar-refractivity contribution >= 4 is 8.07 Å². The zero-order valence-corrected chi connectivity index (χ0v) is 16.6. The molecule has 0 aliphatic carbocycles. The van der Waals surface area contributed by atoms with Gasteiger partial charge in [0.25, 0.3) is 0 Å². The highest BCUT2D eigenvalue weighted by Crippen LogP contribution is 2.29. The average molecular weight is 339 g/mol. The molecule has 0 heterocycles. The number of unbranched alkanes of at least 4 members (excludes halogenated alkanes) is 3. The molecular formula is C23H34Si. The van der Waals surface area contributed by atoms with Crippen LogP contribution in [0.3, 0.4) is 0 Å². The fourth-order valence-electron chi connectivity index (χ4n) is 4.06. The molecule has 0 atom stereocenters. The number of hydrogen-bond donors (Lipinski definition) is 0. The van der Waals surface area contributed by atoms with E-state index < -0.39 is 8.07 Å². The van der Waals surface area contributed by atoms with Crippen LogP contribution in [-0.4, -0.2) is 8.07 Å². The Morgan fingerprint density at radius 3 is 1.58 bits per heavy atom. The highest BCUT2D eigenvalue weighted by molar-refractivity contribution is 6.78. The van der Waals surface area contributed by atoms with Gasteiger partial charge in [0.15, 0.2) is 0 Å². The van der Waals surface area contributed by atoms with Crippen molar-refractivity contribution in [2.75, 3.05) is 0 Å². The molecule has 2 rings (SSSR count). The van der Waals surface area contributed by atoms with Gasteiger partial charge in [0.1, 0.15) is 0 Å². The van der Waals surface area contributed by atoms with Crippen LogP contribution in [0.15, 0.2) is 60.7 Å². The van der Waals surface area contributed by atoms with Gasteiger partial charge >= 0.3 is 0 Å². The quantitative estimate of drug-likeness (QED) is 0.306. The van der Waals surface area contributed by atoms with E-state index in [-0.39, 0.29) is 0 Å². The van der Waals surface area contributed by atoms with Gasteiger partial charge in [0.2, 0.25) is 0 Å². The average Bonchev–Trinajstić information content (AvgIpc) is 2.61. The Kier molecular flexibility index (Phi) is 8.31. The summed E-state index contributed by atoms with van der Waals surface area (Å²) in [5, 5.41) is 0. The number of rotatable bonds is 11. The third-order valence-corrected chi connectivity index (χ3v) is 10.5. The van der Waals surface area contributed by atoms with E-state index in [0.717, 1.165) is 0 Å². The van der Waals surface area contributed by atoms with Crippen LogP contribution in [0.4, 0.5) is 0 Å². The van der Waals surface area contributed by atoms with Crippen molar-refractivity contribution in [3.8, 4) is 0 Å². The molecule has 0 saturated carbocycles. The van der Waals surface area contributed by atoms with Crippen LogP contribution < -0.4 is 0 Å². The highest BCUT2D eigenvalue weighted by atomic mass is 28.3. The molecule has 0 aromatic heterocycles. The topological polar surface area (TPSA) is 0 Å². The summed E-state index contributed by atoms with van der Waals surface area (Å²) in [5.41, 5.74) is 3.12. The van der Waals surface area contributed by atoms with E-state index >= 15 is 0 Å². The summed E-state index contributed by atoms with van der Waals surface area (Å²) in [6.07, 6.45) is 6.91. The molecule has 0 bridgehead atoms. The molecule has 0 aliphatic rings. The van der Waals surface area contributed by atoms with Crippen LogP contribution in [0.5, 0.6) is 0 Å². The summed E-state index contributed by atoms with van der Waals surface area (Å²) >= 11 is 0. The van der Waals surface area contributed by atoms with E-state index in [2.05, 4.69) is 74.5 Å². The molecule has 0 N–H and O–H groups in total. The molecule has 2 aromatic rings. The molecular weight excluding hydrogens is 304 g/mol. The van der Waals surface area contributed by atoms with Gasteiger partial charge in [-0.15, -0.1) is 0 Å². The van der Waals surface area contributed by atoms with E-state index in [9.17, 15) is 0 Å². The molecule has 0 unspecified atom stereocenters. The molecule has 2 aromatic carbocycles. The molecule has 1 heteroatoms. The summed E-state index contributed by atoms with van der Waals surface area (Å²) in [4.78, 5) is 0. The second-order valence-electron chi connectivity index (χ2n) is 7.39. The lowest BCUT2D eigenvalue weighted by Gasteiger charge is -2.32. The van der Waals surface area contributed by atoms with Crippen molar-refractivity contribution < 1.29 is 0 Å². The summed E-state index contributed by atoms with van der Waals surface area (Å²) in [5.74, 6) is 0. The molecule has 0 saturated heterocycles. The Labute approximate surface area is 150 Å². The minimum Gasteiger partial charge on any atom is -0.0656 e. The monoisotopic (exact) mass is 338 g/mol.